The van der Waals surface area contributed by atoms with Crippen molar-refractivity contribution in [3.8, 4) is 11.1 Å². The molecule has 0 saturated carbocycles. The van der Waals surface area contributed by atoms with Crippen molar-refractivity contribution < 1.29 is 4.86 Å². The van der Waals surface area contributed by atoms with Gasteiger partial charge in [0.2, 0.25) is 5.69 Å². The minimum Gasteiger partial charge on any atom is -0.594 e. The van der Waals surface area contributed by atoms with Crippen LogP contribution in [0.5, 0.6) is 0 Å². The van der Waals surface area contributed by atoms with Gasteiger partial charge in [0.15, 0.2) is 0 Å². The SMILES string of the molecule is [O-][N+](=Nc1ccccc1-c1ccccc1)c1ccccc1. The maximum atomic E-state index is 12.1. The fraction of sp³-hybridized carbons (Fsp3) is 0. The molecule has 0 radical (unpaired) electrons. The highest BCUT2D eigenvalue weighted by atomic mass is 16.5. The lowest BCUT2D eigenvalue weighted by Crippen LogP contribution is -1.90. The maximum Gasteiger partial charge on any atom is 0.244 e. The molecule has 3 rings (SSSR count). The quantitative estimate of drug-likeness (QED) is 0.364. The van der Waals surface area contributed by atoms with E-state index < -0.39 is 0 Å². The van der Waals surface area contributed by atoms with E-state index in [-0.39, 0.29) is 0 Å². The zero-order valence-electron chi connectivity index (χ0n) is 11.4. The van der Waals surface area contributed by atoms with E-state index in [0.29, 0.717) is 16.2 Å². The predicted molar refractivity (Wildman–Crippen MR) is 83.7 cm³/mol. The Morgan fingerprint density at radius 3 is 1.95 bits per heavy atom. The van der Waals surface area contributed by atoms with Crippen LogP contribution in [0, 0.1) is 5.21 Å². The minimum absolute atomic E-state index is 0.514. The summed E-state index contributed by atoms with van der Waals surface area (Å²) in [6.07, 6.45) is 0. The monoisotopic (exact) mass is 274 g/mol. The second-order valence-electron chi connectivity index (χ2n) is 4.59. The molecule has 0 atom stereocenters. The highest BCUT2D eigenvalue weighted by molar-refractivity contribution is 5.75. The van der Waals surface area contributed by atoms with E-state index in [9.17, 15) is 5.21 Å². The van der Waals surface area contributed by atoms with Crippen molar-refractivity contribution >= 4 is 11.4 Å². The van der Waals surface area contributed by atoms with Gasteiger partial charge in [-0.25, -0.2) is 0 Å². The van der Waals surface area contributed by atoms with Crippen LogP contribution in [0.4, 0.5) is 11.4 Å². The summed E-state index contributed by atoms with van der Waals surface area (Å²) >= 11 is 0. The highest BCUT2D eigenvalue weighted by Gasteiger charge is 2.08. The molecule has 0 N–H and O–H groups in total. The summed E-state index contributed by atoms with van der Waals surface area (Å²) in [5.41, 5.74) is 3.15. The molecule has 0 fully saturated rings. The first-order valence-electron chi connectivity index (χ1n) is 6.73. The average Bonchev–Trinajstić information content (AvgIpc) is 2.57. The summed E-state index contributed by atoms with van der Waals surface area (Å²) in [6, 6.07) is 26.5. The van der Waals surface area contributed by atoms with Crippen LogP contribution >= 0.6 is 0 Å². The zero-order chi connectivity index (χ0) is 14.5. The lowest BCUT2D eigenvalue weighted by atomic mass is 10.0. The van der Waals surface area contributed by atoms with E-state index in [1.807, 2.05) is 72.8 Å². The molecule has 3 nitrogen and oxygen atoms in total. The van der Waals surface area contributed by atoms with Crippen molar-refractivity contribution in [1.29, 1.82) is 0 Å². The Bertz CT molecular complexity index is 752. The standard InChI is InChI=1S/C18H14N2O/c21-20(16-11-5-2-6-12-16)19-18-14-8-7-13-17(18)15-9-3-1-4-10-15/h1-14H. The number of hydrogen-bond donors (Lipinski definition) is 0. The summed E-state index contributed by atoms with van der Waals surface area (Å²) in [5, 5.41) is 16.3. The Kier molecular flexibility index (Phi) is 3.74. The van der Waals surface area contributed by atoms with Crippen LogP contribution in [-0.2, 0) is 0 Å². The Balaban J connectivity index is 2.04. The van der Waals surface area contributed by atoms with Crippen molar-refractivity contribution in [3.05, 3.63) is 90.1 Å². The lowest BCUT2D eigenvalue weighted by molar-refractivity contribution is -0.435. The number of benzene rings is 3. The Morgan fingerprint density at radius 2 is 1.24 bits per heavy atom. The van der Waals surface area contributed by atoms with Crippen LogP contribution < -0.4 is 0 Å². The van der Waals surface area contributed by atoms with Crippen LogP contribution in [0.1, 0.15) is 0 Å². The summed E-state index contributed by atoms with van der Waals surface area (Å²) in [5.74, 6) is 0. The van der Waals surface area contributed by atoms with E-state index in [1.54, 1.807) is 12.1 Å². The lowest BCUT2D eigenvalue weighted by Gasteiger charge is -2.05. The van der Waals surface area contributed by atoms with Crippen molar-refractivity contribution in [3.63, 3.8) is 0 Å². The summed E-state index contributed by atoms with van der Waals surface area (Å²) in [4.78, 5) is 0.655. The summed E-state index contributed by atoms with van der Waals surface area (Å²) < 4.78 is 0. The summed E-state index contributed by atoms with van der Waals surface area (Å²) in [6.45, 7) is 0. The smallest absolute Gasteiger partial charge is 0.244 e. The summed E-state index contributed by atoms with van der Waals surface area (Å²) in [7, 11) is 0. The van der Waals surface area contributed by atoms with Gasteiger partial charge in [0, 0.05) is 22.8 Å². The second-order valence-corrected chi connectivity index (χ2v) is 4.59. The van der Waals surface area contributed by atoms with Gasteiger partial charge in [-0.15, -0.1) is 0 Å². The third-order valence-corrected chi connectivity index (χ3v) is 3.16. The normalized spacial score (nSPS) is 11.3. The molecule has 0 aromatic heterocycles. The largest absolute Gasteiger partial charge is 0.594 e. The number of nitrogens with zero attached hydrogens (tertiary/aromatic N) is 2. The number of azo groups is 1. The Labute approximate surface area is 123 Å². The molecule has 0 bridgehead atoms. The molecule has 3 heteroatoms. The van der Waals surface area contributed by atoms with E-state index >= 15 is 0 Å². The van der Waals surface area contributed by atoms with Gasteiger partial charge in [-0.1, -0.05) is 71.6 Å². The van der Waals surface area contributed by atoms with Gasteiger partial charge >= 0.3 is 0 Å². The predicted octanol–water partition coefficient (Wildman–Crippen LogP) is 5.28. The molecular formula is C18H14N2O. The average molecular weight is 274 g/mol. The molecular weight excluding hydrogens is 260 g/mol. The molecule has 0 unspecified atom stereocenters. The maximum absolute atomic E-state index is 12.1. The van der Waals surface area contributed by atoms with Crippen molar-refractivity contribution in [2.75, 3.05) is 0 Å². The van der Waals surface area contributed by atoms with Crippen molar-refractivity contribution in [2.24, 2.45) is 5.11 Å². The van der Waals surface area contributed by atoms with Crippen LogP contribution in [0.2, 0.25) is 0 Å². The van der Waals surface area contributed by atoms with E-state index in [1.165, 1.54) is 0 Å². The van der Waals surface area contributed by atoms with Gasteiger partial charge in [-0.05, 0) is 11.6 Å². The van der Waals surface area contributed by atoms with Crippen LogP contribution in [-0.4, -0.2) is 4.86 Å². The third kappa shape index (κ3) is 2.98. The van der Waals surface area contributed by atoms with Gasteiger partial charge < -0.3 is 5.21 Å². The topological polar surface area (TPSA) is 38.4 Å². The van der Waals surface area contributed by atoms with Gasteiger partial charge in [-0.3, -0.25) is 0 Å². The zero-order valence-corrected chi connectivity index (χ0v) is 11.4. The van der Waals surface area contributed by atoms with E-state index in [0.717, 1.165) is 11.1 Å². The van der Waals surface area contributed by atoms with Crippen molar-refractivity contribution in [1.82, 2.24) is 0 Å². The Hall–Kier alpha value is -2.94. The molecule has 3 aromatic carbocycles. The van der Waals surface area contributed by atoms with Gasteiger partial charge in [-0.2, -0.15) is 0 Å². The Morgan fingerprint density at radius 1 is 0.667 bits per heavy atom. The molecule has 3 aromatic rings. The van der Waals surface area contributed by atoms with Crippen LogP contribution in [0.15, 0.2) is 90.0 Å². The first-order chi connectivity index (χ1) is 10.3. The number of para-hydroxylation sites is 1. The fourth-order valence-electron chi connectivity index (χ4n) is 2.13. The van der Waals surface area contributed by atoms with Gasteiger partial charge in [0.1, 0.15) is 5.69 Å². The first-order valence-corrected chi connectivity index (χ1v) is 6.73. The number of rotatable bonds is 3. The molecule has 0 amide bonds. The molecule has 0 saturated heterocycles. The second kappa shape index (κ2) is 6.01. The molecule has 0 aliphatic carbocycles. The molecule has 0 aliphatic heterocycles. The van der Waals surface area contributed by atoms with Crippen LogP contribution in [0.3, 0.4) is 0 Å². The molecule has 0 aliphatic rings. The van der Waals surface area contributed by atoms with Gasteiger partial charge in [0.25, 0.3) is 0 Å². The molecule has 0 spiro atoms. The minimum atomic E-state index is 0.514. The van der Waals surface area contributed by atoms with E-state index in [4.69, 9.17) is 0 Å². The van der Waals surface area contributed by atoms with Crippen LogP contribution in [0.25, 0.3) is 11.1 Å². The molecule has 0 heterocycles. The number of hydrogen-bond acceptors (Lipinski definition) is 2. The highest BCUT2D eigenvalue weighted by Crippen LogP contribution is 2.30. The molecule has 21 heavy (non-hydrogen) atoms. The molecule has 102 valence electrons. The van der Waals surface area contributed by atoms with Gasteiger partial charge in [0.05, 0.1) is 0 Å². The van der Waals surface area contributed by atoms with Crippen molar-refractivity contribution in [2.45, 2.75) is 0 Å². The van der Waals surface area contributed by atoms with E-state index in [2.05, 4.69) is 5.11 Å². The fourth-order valence-corrected chi connectivity index (χ4v) is 2.13. The first kappa shape index (κ1) is 13.1. The third-order valence-electron chi connectivity index (χ3n) is 3.16.